The van der Waals surface area contributed by atoms with E-state index in [0.29, 0.717) is 0 Å². The highest BCUT2D eigenvalue weighted by atomic mass is 16.8. The van der Waals surface area contributed by atoms with Crippen LogP contribution in [0.25, 0.3) is 0 Å². The fourth-order valence-corrected chi connectivity index (χ4v) is 7.16. The van der Waals surface area contributed by atoms with E-state index in [1.807, 2.05) is 121 Å². The van der Waals surface area contributed by atoms with E-state index in [2.05, 4.69) is 5.32 Å². The molecule has 3 saturated heterocycles. The lowest BCUT2D eigenvalue weighted by molar-refractivity contribution is -0.356. The van der Waals surface area contributed by atoms with Gasteiger partial charge in [-0.1, -0.05) is 121 Å². The molecule has 12 heteroatoms. The van der Waals surface area contributed by atoms with Gasteiger partial charge in [0.15, 0.2) is 18.9 Å². The highest BCUT2D eigenvalue weighted by Crippen LogP contribution is 2.36. The standard InChI is InChI=1S/C43H49NO11/c1-28(45)44-35-36(46)37-33(26-51-41(55-37)32-21-13-6-14-22-32)53-42(35)52-27-34-38(48-23-29-15-7-3-8-16-29)39(49-24-30-17-9-4-10-18-30)40(43(47-2)54-34)50-25-31-19-11-5-12-20-31/h3-22,33-43,46H,23-27H2,1-2H3,(H,44,45)/t33-,34-,35-,36-,37-,38-,39+,40-,41-,42+,43+/m1/s1. The van der Waals surface area contributed by atoms with Crippen molar-refractivity contribution in [2.75, 3.05) is 20.3 Å². The highest BCUT2D eigenvalue weighted by molar-refractivity contribution is 5.73. The first kappa shape index (κ1) is 39.2. The molecule has 4 aromatic rings. The molecule has 0 aliphatic carbocycles. The van der Waals surface area contributed by atoms with Crippen molar-refractivity contribution >= 4 is 5.91 Å². The Morgan fingerprint density at radius 1 is 0.673 bits per heavy atom. The highest BCUT2D eigenvalue weighted by Gasteiger charge is 2.52. The molecule has 0 unspecified atom stereocenters. The Morgan fingerprint density at radius 2 is 1.20 bits per heavy atom. The summed E-state index contributed by atoms with van der Waals surface area (Å²) in [5.74, 6) is -0.364. The molecular formula is C43H49NO11. The van der Waals surface area contributed by atoms with Crippen molar-refractivity contribution in [3.05, 3.63) is 144 Å². The molecule has 7 rings (SSSR count). The Hall–Kier alpha value is -4.05. The van der Waals surface area contributed by atoms with Crippen molar-refractivity contribution in [1.29, 1.82) is 0 Å². The molecule has 3 aliphatic rings. The number of benzene rings is 4. The number of nitrogens with one attached hydrogen (secondary N) is 1. The molecule has 3 heterocycles. The minimum Gasteiger partial charge on any atom is -0.388 e. The third-order valence-electron chi connectivity index (χ3n) is 9.91. The van der Waals surface area contributed by atoms with Crippen LogP contribution in [0.5, 0.6) is 0 Å². The smallest absolute Gasteiger partial charge is 0.217 e. The molecule has 55 heavy (non-hydrogen) atoms. The average Bonchev–Trinajstić information content (AvgIpc) is 3.23. The Kier molecular flexibility index (Phi) is 13.7. The van der Waals surface area contributed by atoms with Crippen LogP contribution in [-0.2, 0) is 67.2 Å². The normalized spacial score (nSPS) is 30.6. The van der Waals surface area contributed by atoms with Crippen molar-refractivity contribution in [2.45, 2.75) is 94.4 Å². The van der Waals surface area contributed by atoms with Gasteiger partial charge in [0.25, 0.3) is 0 Å². The quantitative estimate of drug-likeness (QED) is 0.173. The second-order valence-electron chi connectivity index (χ2n) is 13.8. The molecule has 292 valence electrons. The second kappa shape index (κ2) is 19.2. The van der Waals surface area contributed by atoms with E-state index in [1.54, 1.807) is 7.11 Å². The maximum absolute atomic E-state index is 12.5. The molecule has 0 spiro atoms. The first-order chi connectivity index (χ1) is 27.0. The second-order valence-corrected chi connectivity index (χ2v) is 13.8. The van der Waals surface area contributed by atoms with E-state index < -0.39 is 67.6 Å². The van der Waals surface area contributed by atoms with Crippen LogP contribution in [0.2, 0.25) is 0 Å². The number of aliphatic hydroxyl groups excluding tert-OH is 1. The Bertz CT molecular complexity index is 1740. The van der Waals surface area contributed by atoms with E-state index in [0.717, 1.165) is 22.3 Å². The van der Waals surface area contributed by atoms with Crippen molar-refractivity contribution < 1.29 is 52.5 Å². The number of aliphatic hydroxyl groups is 1. The van der Waals surface area contributed by atoms with Gasteiger partial charge in [-0.05, 0) is 16.7 Å². The van der Waals surface area contributed by atoms with Gasteiger partial charge in [0, 0.05) is 19.6 Å². The topological polar surface area (TPSA) is 132 Å². The van der Waals surface area contributed by atoms with E-state index >= 15 is 0 Å². The van der Waals surface area contributed by atoms with Crippen molar-refractivity contribution in [1.82, 2.24) is 5.32 Å². The number of carbonyl (C=O) groups excluding carboxylic acids is 1. The summed E-state index contributed by atoms with van der Waals surface area (Å²) >= 11 is 0. The Balaban J connectivity index is 1.13. The molecule has 0 saturated carbocycles. The van der Waals surface area contributed by atoms with Crippen molar-refractivity contribution in [3.63, 3.8) is 0 Å². The third kappa shape index (κ3) is 10.0. The number of hydrogen-bond acceptors (Lipinski definition) is 11. The summed E-state index contributed by atoms with van der Waals surface area (Å²) in [6.07, 6.45) is -8.15. The van der Waals surface area contributed by atoms with Gasteiger partial charge in [0.2, 0.25) is 5.91 Å². The van der Waals surface area contributed by atoms with Crippen LogP contribution in [0.4, 0.5) is 0 Å². The lowest BCUT2D eigenvalue weighted by Crippen LogP contribution is -2.67. The van der Waals surface area contributed by atoms with Crippen molar-refractivity contribution in [2.24, 2.45) is 0 Å². The van der Waals surface area contributed by atoms with Crippen LogP contribution in [0.3, 0.4) is 0 Å². The van der Waals surface area contributed by atoms with E-state index in [4.69, 9.17) is 42.6 Å². The molecule has 2 N–H and O–H groups in total. The number of amides is 1. The molecule has 1 amide bonds. The maximum atomic E-state index is 12.5. The predicted molar refractivity (Wildman–Crippen MR) is 199 cm³/mol. The fourth-order valence-electron chi connectivity index (χ4n) is 7.16. The summed E-state index contributed by atoms with van der Waals surface area (Å²) in [7, 11) is 1.56. The third-order valence-corrected chi connectivity index (χ3v) is 9.91. The number of hydrogen-bond donors (Lipinski definition) is 2. The molecule has 0 radical (unpaired) electrons. The van der Waals surface area contributed by atoms with Crippen LogP contribution in [0, 0.1) is 0 Å². The van der Waals surface area contributed by atoms with Gasteiger partial charge in [-0.25, -0.2) is 0 Å². The molecular weight excluding hydrogens is 706 g/mol. The molecule has 4 aromatic carbocycles. The van der Waals surface area contributed by atoms with E-state index in [-0.39, 0.29) is 38.9 Å². The minimum absolute atomic E-state index is 0.0743. The lowest BCUT2D eigenvalue weighted by atomic mass is 9.95. The van der Waals surface area contributed by atoms with Gasteiger partial charge in [-0.2, -0.15) is 0 Å². The van der Waals surface area contributed by atoms with E-state index in [1.165, 1.54) is 6.92 Å². The number of fused-ring (bicyclic) bond motifs is 1. The minimum atomic E-state index is -1.18. The number of carbonyl (C=O) groups is 1. The van der Waals surface area contributed by atoms with Crippen molar-refractivity contribution in [3.8, 4) is 0 Å². The van der Waals surface area contributed by atoms with Gasteiger partial charge < -0.3 is 53.1 Å². The Morgan fingerprint density at radius 3 is 1.75 bits per heavy atom. The van der Waals surface area contributed by atoms with Gasteiger partial charge >= 0.3 is 0 Å². The van der Waals surface area contributed by atoms with Gasteiger partial charge in [-0.3, -0.25) is 4.79 Å². The zero-order chi connectivity index (χ0) is 38.0. The molecule has 0 bridgehead atoms. The zero-order valence-electron chi connectivity index (χ0n) is 31.0. The first-order valence-electron chi connectivity index (χ1n) is 18.7. The summed E-state index contributed by atoms with van der Waals surface area (Å²) in [4.78, 5) is 12.5. The van der Waals surface area contributed by atoms with Crippen LogP contribution in [0.1, 0.15) is 35.5 Å². The van der Waals surface area contributed by atoms with Gasteiger partial charge in [0.05, 0.1) is 33.0 Å². The summed E-state index contributed by atoms with van der Waals surface area (Å²) in [6, 6.07) is 38.0. The monoisotopic (exact) mass is 755 g/mol. The summed E-state index contributed by atoms with van der Waals surface area (Å²) in [6.45, 7) is 2.26. The molecule has 3 aliphatic heterocycles. The summed E-state index contributed by atoms with van der Waals surface area (Å²) in [5.41, 5.74) is 3.72. The number of methoxy groups -OCH3 is 1. The van der Waals surface area contributed by atoms with Crippen LogP contribution >= 0.6 is 0 Å². The fraction of sp³-hybridized carbons (Fsp3) is 0.419. The maximum Gasteiger partial charge on any atom is 0.217 e. The van der Waals surface area contributed by atoms with Crippen LogP contribution in [-0.4, -0.2) is 92.7 Å². The molecule has 3 fully saturated rings. The SMILES string of the molecule is CO[C@H]1O[C@H](CO[C@H]2O[C@@H]3CO[C@@H](c4ccccc4)O[C@H]3[C@H](O)[C@H]2NC(C)=O)[C@@H](OCc2ccccc2)[C@H](OCc2ccccc2)[C@H]1OCc1ccccc1. The molecule has 0 aromatic heterocycles. The molecule has 11 atom stereocenters. The number of ether oxygens (including phenoxy) is 9. The largest absolute Gasteiger partial charge is 0.388 e. The summed E-state index contributed by atoms with van der Waals surface area (Å²) in [5, 5.41) is 14.5. The first-order valence-corrected chi connectivity index (χ1v) is 18.7. The Labute approximate surface area is 321 Å². The van der Waals surface area contributed by atoms with Gasteiger partial charge in [0.1, 0.15) is 48.8 Å². The lowest BCUT2D eigenvalue weighted by Gasteiger charge is -2.49. The van der Waals surface area contributed by atoms with Gasteiger partial charge in [-0.15, -0.1) is 0 Å². The zero-order valence-corrected chi connectivity index (χ0v) is 31.0. The molecule has 12 nitrogen and oxygen atoms in total. The van der Waals surface area contributed by atoms with Crippen LogP contribution in [0.15, 0.2) is 121 Å². The predicted octanol–water partition coefficient (Wildman–Crippen LogP) is 4.84. The van der Waals surface area contributed by atoms with E-state index in [9.17, 15) is 9.90 Å². The summed E-state index contributed by atoms with van der Waals surface area (Å²) < 4.78 is 57.5. The average molecular weight is 756 g/mol. The van der Waals surface area contributed by atoms with Crippen LogP contribution < -0.4 is 5.32 Å². The number of rotatable bonds is 15.